The number of benzene rings is 2. The van der Waals surface area contributed by atoms with Crippen LogP contribution in [0.5, 0.6) is 0 Å². The van der Waals surface area contributed by atoms with Crippen LogP contribution in [0.1, 0.15) is 50.8 Å². The molecule has 27 heavy (non-hydrogen) atoms. The molecule has 2 aromatic carbocycles. The van der Waals surface area contributed by atoms with Crippen molar-refractivity contribution >= 4 is 23.2 Å². The van der Waals surface area contributed by atoms with Crippen LogP contribution in [-0.4, -0.2) is 18.4 Å². The topological polar surface area (TPSA) is 49.4 Å². The van der Waals surface area contributed by atoms with Gasteiger partial charge in [0.1, 0.15) is 0 Å². The fourth-order valence-corrected chi connectivity index (χ4v) is 3.34. The number of carbonyl (C=O) groups excluding carboxylic acids is 2. The van der Waals surface area contributed by atoms with Crippen molar-refractivity contribution in [2.45, 2.75) is 53.4 Å². The van der Waals surface area contributed by atoms with Gasteiger partial charge in [0.2, 0.25) is 11.8 Å². The highest BCUT2D eigenvalue weighted by molar-refractivity contribution is 5.96. The molecule has 0 aliphatic rings. The number of carbonyl (C=O) groups is 2. The molecular weight excluding hydrogens is 336 g/mol. The van der Waals surface area contributed by atoms with Crippen LogP contribution in [0.2, 0.25) is 0 Å². The quantitative estimate of drug-likeness (QED) is 0.732. The number of hydrogen-bond acceptors (Lipinski definition) is 2. The maximum atomic E-state index is 12.6. The van der Waals surface area contributed by atoms with Crippen molar-refractivity contribution in [3.8, 4) is 0 Å². The first kappa shape index (κ1) is 20.7. The highest BCUT2D eigenvalue weighted by Gasteiger charge is 2.17. The third-order valence-corrected chi connectivity index (χ3v) is 4.87. The minimum atomic E-state index is -0.0640. The Kier molecular flexibility index (Phi) is 7.59. The van der Waals surface area contributed by atoms with Crippen molar-refractivity contribution in [1.29, 1.82) is 0 Å². The highest BCUT2D eigenvalue weighted by Crippen LogP contribution is 2.24. The average molecular weight is 367 g/mol. The predicted octanol–water partition coefficient (Wildman–Crippen LogP) is 4.76. The largest absolute Gasteiger partial charge is 0.326 e. The van der Waals surface area contributed by atoms with Gasteiger partial charge in [-0.05, 0) is 42.0 Å². The summed E-state index contributed by atoms with van der Waals surface area (Å²) in [7, 11) is 0. The van der Waals surface area contributed by atoms with Gasteiger partial charge in [0, 0.05) is 31.3 Å². The van der Waals surface area contributed by atoms with Crippen molar-refractivity contribution in [2.75, 3.05) is 16.8 Å². The van der Waals surface area contributed by atoms with Gasteiger partial charge in [-0.1, -0.05) is 57.2 Å². The van der Waals surface area contributed by atoms with Gasteiger partial charge in [-0.3, -0.25) is 9.59 Å². The van der Waals surface area contributed by atoms with E-state index in [4.69, 9.17) is 0 Å². The number of aryl methyl sites for hydroxylation is 3. The molecule has 0 aromatic heterocycles. The zero-order chi connectivity index (χ0) is 19.8. The van der Waals surface area contributed by atoms with Gasteiger partial charge in [-0.2, -0.15) is 0 Å². The van der Waals surface area contributed by atoms with E-state index in [9.17, 15) is 9.59 Å². The summed E-state index contributed by atoms with van der Waals surface area (Å²) in [5, 5.41) is 3.08. The molecule has 4 nitrogen and oxygen atoms in total. The van der Waals surface area contributed by atoms with E-state index in [1.165, 1.54) is 0 Å². The smallest absolute Gasteiger partial charge is 0.226 e. The lowest BCUT2D eigenvalue weighted by Gasteiger charge is -2.24. The van der Waals surface area contributed by atoms with E-state index in [2.05, 4.69) is 26.1 Å². The lowest BCUT2D eigenvalue weighted by atomic mass is 10.0. The molecule has 0 radical (unpaired) electrons. The number of amides is 2. The Balaban J connectivity index is 2.13. The number of hydrogen-bond donors (Lipinski definition) is 1. The Hall–Kier alpha value is -2.62. The monoisotopic (exact) mass is 366 g/mol. The van der Waals surface area contributed by atoms with Crippen LogP contribution < -0.4 is 10.2 Å². The summed E-state index contributed by atoms with van der Waals surface area (Å²) in [5.74, 6) is -0.113. The lowest BCUT2D eigenvalue weighted by molar-refractivity contribution is -0.117. The van der Waals surface area contributed by atoms with Gasteiger partial charge in [-0.15, -0.1) is 0 Å². The van der Waals surface area contributed by atoms with Gasteiger partial charge in [0.05, 0.1) is 0 Å². The normalized spacial score (nSPS) is 10.5. The zero-order valence-corrected chi connectivity index (χ0v) is 16.8. The molecule has 2 rings (SSSR count). The Morgan fingerprint density at radius 2 is 1.41 bits per heavy atom. The molecule has 2 amide bonds. The number of nitrogens with zero attached hydrogens (tertiary/aromatic N) is 1. The summed E-state index contributed by atoms with van der Waals surface area (Å²) in [5.41, 5.74) is 5.21. The van der Waals surface area contributed by atoms with E-state index >= 15 is 0 Å². The molecule has 0 unspecified atom stereocenters. The summed E-state index contributed by atoms with van der Waals surface area (Å²) in [6.07, 6.45) is 2.84. The lowest BCUT2D eigenvalue weighted by Crippen LogP contribution is -2.32. The van der Waals surface area contributed by atoms with Crippen LogP contribution in [-0.2, 0) is 28.9 Å². The zero-order valence-electron chi connectivity index (χ0n) is 16.8. The van der Waals surface area contributed by atoms with Crippen LogP contribution in [0.3, 0.4) is 0 Å². The summed E-state index contributed by atoms with van der Waals surface area (Å²) in [4.78, 5) is 26.5. The third kappa shape index (κ3) is 5.19. The fourth-order valence-electron chi connectivity index (χ4n) is 3.34. The third-order valence-electron chi connectivity index (χ3n) is 4.87. The summed E-state index contributed by atoms with van der Waals surface area (Å²) >= 11 is 0. The van der Waals surface area contributed by atoms with Gasteiger partial charge in [0.15, 0.2) is 0 Å². The molecule has 0 atom stereocenters. The van der Waals surface area contributed by atoms with E-state index < -0.39 is 0 Å². The molecule has 1 N–H and O–H groups in total. The highest BCUT2D eigenvalue weighted by atomic mass is 16.2. The molecule has 144 valence electrons. The number of anilines is 2. The summed E-state index contributed by atoms with van der Waals surface area (Å²) in [6, 6.07) is 14.0. The maximum Gasteiger partial charge on any atom is 0.226 e. The van der Waals surface area contributed by atoms with Crippen LogP contribution in [0.25, 0.3) is 0 Å². The van der Waals surface area contributed by atoms with E-state index in [1.807, 2.05) is 42.5 Å². The standard InChI is InChI=1S/C23H30N2O2/c1-5-18-11-8-9-14-21(18)25(17(4)26)16-15-22(27)24-23-19(6-2)12-10-13-20(23)7-3/h8-14H,5-7,15-16H2,1-4H3,(H,24,27). The minimum Gasteiger partial charge on any atom is -0.326 e. The molecule has 0 spiro atoms. The molecule has 0 heterocycles. The fraction of sp³-hybridized carbons (Fsp3) is 0.391. The molecular formula is C23H30N2O2. The molecule has 0 fully saturated rings. The first-order valence-electron chi connectivity index (χ1n) is 9.78. The molecule has 0 bridgehead atoms. The second kappa shape index (κ2) is 9.91. The number of nitrogens with one attached hydrogen (secondary N) is 1. The van der Waals surface area contributed by atoms with Crippen LogP contribution >= 0.6 is 0 Å². The summed E-state index contributed by atoms with van der Waals surface area (Å²) < 4.78 is 0. The van der Waals surface area contributed by atoms with E-state index in [1.54, 1.807) is 11.8 Å². The van der Waals surface area contributed by atoms with E-state index in [0.29, 0.717) is 6.54 Å². The SMILES string of the molecule is CCc1ccccc1N(CCC(=O)Nc1c(CC)cccc1CC)C(C)=O. The minimum absolute atomic E-state index is 0.0492. The van der Waals surface area contributed by atoms with Crippen LogP contribution in [0.4, 0.5) is 11.4 Å². The van der Waals surface area contributed by atoms with E-state index in [0.717, 1.165) is 47.3 Å². The predicted molar refractivity (Wildman–Crippen MR) is 112 cm³/mol. The summed E-state index contributed by atoms with van der Waals surface area (Å²) in [6.45, 7) is 8.16. The van der Waals surface area contributed by atoms with Crippen molar-refractivity contribution in [3.63, 3.8) is 0 Å². The van der Waals surface area contributed by atoms with Gasteiger partial charge >= 0.3 is 0 Å². The Morgan fingerprint density at radius 3 is 1.96 bits per heavy atom. The van der Waals surface area contributed by atoms with Crippen molar-refractivity contribution in [2.24, 2.45) is 0 Å². The van der Waals surface area contributed by atoms with Crippen molar-refractivity contribution in [3.05, 3.63) is 59.2 Å². The first-order valence-corrected chi connectivity index (χ1v) is 9.78. The number of para-hydroxylation sites is 2. The Morgan fingerprint density at radius 1 is 0.852 bits per heavy atom. The average Bonchev–Trinajstić information content (AvgIpc) is 2.68. The maximum absolute atomic E-state index is 12.6. The van der Waals surface area contributed by atoms with Gasteiger partial charge < -0.3 is 10.2 Å². The molecule has 0 saturated heterocycles. The Bertz CT molecular complexity index is 776. The first-order chi connectivity index (χ1) is 13.0. The molecule has 0 saturated carbocycles. The van der Waals surface area contributed by atoms with Crippen LogP contribution in [0, 0.1) is 0 Å². The van der Waals surface area contributed by atoms with Gasteiger partial charge in [0.25, 0.3) is 0 Å². The van der Waals surface area contributed by atoms with Crippen molar-refractivity contribution < 1.29 is 9.59 Å². The molecule has 0 aliphatic heterocycles. The van der Waals surface area contributed by atoms with E-state index in [-0.39, 0.29) is 18.2 Å². The Labute approximate surface area is 162 Å². The number of rotatable bonds is 8. The van der Waals surface area contributed by atoms with Gasteiger partial charge in [-0.25, -0.2) is 0 Å². The molecule has 2 aromatic rings. The van der Waals surface area contributed by atoms with Crippen LogP contribution in [0.15, 0.2) is 42.5 Å². The second-order valence-electron chi connectivity index (χ2n) is 6.61. The molecule has 0 aliphatic carbocycles. The second-order valence-corrected chi connectivity index (χ2v) is 6.61. The van der Waals surface area contributed by atoms with Crippen molar-refractivity contribution in [1.82, 2.24) is 0 Å². The molecule has 4 heteroatoms.